The van der Waals surface area contributed by atoms with Gasteiger partial charge in [0.25, 0.3) is 11.1 Å². The van der Waals surface area contributed by atoms with Gasteiger partial charge in [0.1, 0.15) is 0 Å². The van der Waals surface area contributed by atoms with Crippen molar-refractivity contribution >= 4 is 14.2 Å². The molecule has 226 valence electrons. The van der Waals surface area contributed by atoms with Crippen LogP contribution in [0.15, 0.2) is 43.7 Å². The predicted molar refractivity (Wildman–Crippen MR) is 145 cm³/mol. The minimum Gasteiger partial charge on any atom is -0.467 e. The number of aliphatic hydroxyl groups is 1. The van der Waals surface area contributed by atoms with Crippen LogP contribution in [0.5, 0.6) is 0 Å². The molecule has 0 spiro atoms. The van der Waals surface area contributed by atoms with Crippen molar-refractivity contribution in [2.45, 2.75) is 71.1 Å². The SMILES string of the molecule is C.[2H]C([2H])(O)[C@@]1([2H])O[C@@H](n2ccc(=O)[nH]c2=O)[C@](C)(F)[C@@H]1C.[2H]C([2H])OC(=O)[C@@]1([2H])O[C@@H](n2ccc(=O)[nH]c2=O)[C@](C)(F)[C@@H]1C.[2H][B-]([2H])([2H])[2H].[Na+]. The van der Waals surface area contributed by atoms with Gasteiger partial charge in [-0.05, 0) is 13.8 Å². The topological polar surface area (TPSA) is 175 Å². The Kier molecular flexibility index (Phi) is 8.64. The Balaban J connectivity index is 0.000000839. The molecule has 17 heteroatoms. The van der Waals surface area contributed by atoms with Crippen molar-refractivity contribution in [2.75, 3.05) is 13.6 Å². The van der Waals surface area contributed by atoms with E-state index in [-0.39, 0.29) is 37.0 Å². The Hall–Kier alpha value is -2.37. The van der Waals surface area contributed by atoms with Crippen molar-refractivity contribution in [3.63, 3.8) is 0 Å². The molecule has 8 atom stereocenters. The van der Waals surface area contributed by atoms with Gasteiger partial charge in [0.2, 0.25) is 0 Å². The minimum atomic E-state index is -3.14. The molecule has 4 rings (SSSR count). The van der Waals surface area contributed by atoms with Crippen LogP contribution in [0.1, 0.15) is 55.8 Å². The predicted octanol–water partition coefficient (Wildman–Crippen LogP) is -4.05. The number of hydrogen-bond acceptors (Lipinski definition) is 9. The van der Waals surface area contributed by atoms with Gasteiger partial charge in [0.15, 0.2) is 29.9 Å². The summed E-state index contributed by atoms with van der Waals surface area (Å²) in [6.07, 6.45) is -6.47. The van der Waals surface area contributed by atoms with E-state index in [0.717, 1.165) is 47.5 Å². The van der Waals surface area contributed by atoms with Crippen LogP contribution in [-0.4, -0.2) is 80.9 Å². The number of alkyl halides is 2. The van der Waals surface area contributed by atoms with E-state index in [1.165, 1.54) is 13.8 Å². The summed E-state index contributed by atoms with van der Waals surface area (Å²) in [6, 6.07) is 1.94. The summed E-state index contributed by atoms with van der Waals surface area (Å²) in [5.41, 5.74) is -7.94. The van der Waals surface area contributed by atoms with Gasteiger partial charge < -0.3 is 19.3 Å². The summed E-state index contributed by atoms with van der Waals surface area (Å²) in [4.78, 5) is 61.4. The monoisotopic (exact) mass is 608 g/mol. The van der Waals surface area contributed by atoms with Crippen LogP contribution in [-0.2, 0) is 19.0 Å². The van der Waals surface area contributed by atoms with Crippen LogP contribution in [0.25, 0.3) is 0 Å². The maximum absolute atomic E-state index is 15.0. The molecule has 0 amide bonds. The number of aromatic amines is 2. The molecule has 0 saturated carbocycles. The van der Waals surface area contributed by atoms with Gasteiger partial charge in [-0.2, -0.15) is 0 Å². The van der Waals surface area contributed by atoms with Crippen molar-refractivity contribution in [3.05, 3.63) is 66.2 Å². The number of H-pyrrole nitrogens is 2. The zero-order valence-corrected chi connectivity index (χ0v) is 24.1. The molecule has 2 saturated heterocycles. The molecule has 4 heterocycles. The number of methoxy groups -OCH3 is 1. The summed E-state index contributed by atoms with van der Waals surface area (Å²) in [7, 11) is -5.00. The summed E-state index contributed by atoms with van der Waals surface area (Å²) < 4.78 is 114. The molecular weight excluding hydrogens is 560 g/mol. The van der Waals surface area contributed by atoms with Crippen LogP contribution in [0.4, 0.5) is 8.78 Å². The number of nitrogens with one attached hydrogen (secondary N) is 2. The van der Waals surface area contributed by atoms with Gasteiger partial charge in [-0.25, -0.2) is 28.5 Å². The van der Waals surface area contributed by atoms with Gasteiger partial charge in [0.05, 0.1) is 27.9 Å². The molecule has 0 unspecified atom stereocenters. The molecule has 13 nitrogen and oxygen atoms in total. The number of rotatable bonds is 4. The van der Waals surface area contributed by atoms with Crippen molar-refractivity contribution in [2.24, 2.45) is 11.8 Å². The average molecular weight is 608 g/mol. The largest absolute Gasteiger partial charge is 1.00 e. The Labute approximate surface area is 271 Å². The number of carbonyl (C=O) groups is 1. The van der Waals surface area contributed by atoms with Gasteiger partial charge in [0, 0.05) is 36.4 Å². The van der Waals surface area contributed by atoms with Gasteiger partial charge in [-0.3, -0.25) is 28.7 Å². The first-order chi connectivity index (χ1) is 21.9. The maximum Gasteiger partial charge on any atom is 1.00 e. The van der Waals surface area contributed by atoms with E-state index in [2.05, 4.69) is 4.74 Å². The summed E-state index contributed by atoms with van der Waals surface area (Å²) >= 11 is 0. The molecule has 2 aromatic heterocycles. The Bertz CT molecular complexity index is 1750. The van der Waals surface area contributed by atoms with E-state index < -0.39 is 98.1 Å². The van der Waals surface area contributed by atoms with E-state index in [4.69, 9.17) is 23.0 Å². The quantitative estimate of drug-likeness (QED) is 0.231. The third-order valence-corrected chi connectivity index (χ3v) is 6.55. The number of esters is 1. The molecule has 2 aromatic rings. The fourth-order valence-electron chi connectivity index (χ4n) is 3.90. The van der Waals surface area contributed by atoms with Crippen molar-refractivity contribution < 1.29 is 70.7 Å². The fourth-order valence-corrected chi connectivity index (χ4v) is 3.90. The van der Waals surface area contributed by atoms with E-state index >= 15 is 4.39 Å². The Morgan fingerprint density at radius 3 is 1.93 bits per heavy atom. The standard InChI is InChI=1S/C12H15FN2O5.C11H15FN2O4.CH4.BH4.Na/c1-6-8(9(17)19-3)20-10(12(6,2)13)15-5-4-7(16)14-11(15)18;1-6-7(5-15)18-9(11(6,2)12)14-4-3-8(16)13-10(14)17;;;/h4-6,8,10H,1-3H3,(H,14,16,18);3-4,6-7,9,15H,5H2,1-2H3,(H,13,16,17);2*1H4;/q;;;-1;+1/t6-,8+,10-,12-;6-,7-,9-,11-;;;/m11.../s1/i3D2,8D;5D2,7D;;1D4;. The number of ether oxygens (including phenoxy) is 3. The van der Waals surface area contributed by atoms with Gasteiger partial charge >= 0.3 is 46.9 Å². The van der Waals surface area contributed by atoms with Crippen LogP contribution in [0.2, 0.25) is 0 Å². The number of hydrogen-bond donors (Lipinski definition) is 3. The fraction of sp³-hybridized carbons (Fsp3) is 0.625. The Morgan fingerprint density at radius 2 is 1.54 bits per heavy atom. The number of nitrogens with zero attached hydrogens (tertiary/aromatic N) is 2. The van der Waals surface area contributed by atoms with E-state index in [1.807, 2.05) is 9.97 Å². The number of aromatic nitrogens is 4. The second-order valence-corrected chi connectivity index (χ2v) is 8.97. The second kappa shape index (κ2) is 14.7. The number of halogens is 2. The smallest absolute Gasteiger partial charge is 0.467 e. The average Bonchev–Trinajstić information content (AvgIpc) is 3.22. The molecule has 2 aliphatic heterocycles. The third-order valence-electron chi connectivity index (χ3n) is 6.55. The Morgan fingerprint density at radius 1 is 1.10 bits per heavy atom. The van der Waals surface area contributed by atoms with E-state index in [9.17, 15) is 33.5 Å². The first-order valence-electron chi connectivity index (χ1n) is 16.5. The summed E-state index contributed by atoms with van der Waals surface area (Å²) in [6.45, 7) is 1.37. The summed E-state index contributed by atoms with van der Waals surface area (Å²) in [5, 5.41) is 9.47. The number of carbonyl (C=O) groups excluding carboxylic acids is 1. The van der Waals surface area contributed by atoms with Crippen LogP contribution < -0.4 is 52.1 Å². The first kappa shape index (κ1) is 24.1. The molecule has 2 aliphatic rings. The van der Waals surface area contributed by atoms with Crippen LogP contribution in [0, 0.1) is 11.8 Å². The maximum atomic E-state index is 15.0. The minimum absolute atomic E-state index is 0. The van der Waals surface area contributed by atoms with Crippen molar-refractivity contribution in [3.8, 4) is 0 Å². The molecule has 0 bridgehead atoms. The zero-order valence-electron chi connectivity index (χ0n) is 32.1. The molecular formula is C24H38BF2N4NaO9. The zero-order chi connectivity index (χ0) is 38.3. The van der Waals surface area contributed by atoms with Crippen LogP contribution in [0.3, 0.4) is 0 Å². The molecule has 2 fully saturated rings. The second-order valence-electron chi connectivity index (χ2n) is 8.97. The molecule has 3 N–H and O–H groups in total. The van der Waals surface area contributed by atoms with Crippen molar-refractivity contribution in [1.82, 2.24) is 19.1 Å². The normalized spacial score (nSPS) is 39.6. The molecule has 0 aliphatic carbocycles. The first-order valence-corrected chi connectivity index (χ1v) is 11.1. The van der Waals surface area contributed by atoms with Crippen molar-refractivity contribution in [1.29, 1.82) is 5.34 Å². The van der Waals surface area contributed by atoms with Gasteiger partial charge in [-0.1, -0.05) is 29.5 Å². The molecule has 0 aromatic carbocycles. The summed E-state index contributed by atoms with van der Waals surface area (Å²) in [5.74, 6) is -4.15. The van der Waals surface area contributed by atoms with Crippen LogP contribution >= 0.6 is 0 Å². The third kappa shape index (κ3) is 7.54. The molecule has 41 heavy (non-hydrogen) atoms. The van der Waals surface area contributed by atoms with E-state index in [1.54, 1.807) is 0 Å². The van der Waals surface area contributed by atoms with E-state index in [0.29, 0.717) is 0 Å². The van der Waals surface area contributed by atoms with Gasteiger partial charge in [-0.15, -0.1) is 0 Å². The molecule has 0 radical (unpaired) electrons.